The highest BCUT2D eigenvalue weighted by Gasteiger charge is 2.20. The molecule has 0 aliphatic heterocycles. The van der Waals surface area contributed by atoms with Crippen LogP contribution in [0.4, 0.5) is 5.82 Å². The highest BCUT2D eigenvalue weighted by molar-refractivity contribution is 6.17. The lowest BCUT2D eigenvalue weighted by atomic mass is 9.94. The van der Waals surface area contributed by atoms with E-state index in [9.17, 15) is 0 Å². The van der Waals surface area contributed by atoms with Crippen LogP contribution in [0.15, 0.2) is 18.3 Å². The molecule has 0 amide bonds. The molecule has 0 atom stereocenters. The highest BCUT2D eigenvalue weighted by Crippen LogP contribution is 2.26. The lowest BCUT2D eigenvalue weighted by Crippen LogP contribution is -2.37. The van der Waals surface area contributed by atoms with E-state index in [4.69, 9.17) is 11.6 Å². The van der Waals surface area contributed by atoms with Gasteiger partial charge in [0, 0.05) is 24.7 Å². The van der Waals surface area contributed by atoms with Crippen molar-refractivity contribution in [3.63, 3.8) is 0 Å². The third-order valence-electron chi connectivity index (χ3n) is 3.61. The van der Waals surface area contributed by atoms with Crippen molar-refractivity contribution in [3.8, 4) is 0 Å². The average molecular weight is 253 g/mol. The summed E-state index contributed by atoms with van der Waals surface area (Å²) in [4.78, 5) is 6.94. The Morgan fingerprint density at radius 2 is 2.12 bits per heavy atom. The molecule has 0 N–H and O–H groups in total. The van der Waals surface area contributed by atoms with Gasteiger partial charge >= 0.3 is 0 Å². The van der Waals surface area contributed by atoms with Crippen molar-refractivity contribution in [3.05, 3.63) is 23.9 Å². The average Bonchev–Trinajstić information content (AvgIpc) is 2.41. The van der Waals surface area contributed by atoms with Crippen molar-refractivity contribution in [2.75, 3.05) is 11.4 Å². The molecule has 3 heteroatoms. The van der Waals surface area contributed by atoms with Crippen molar-refractivity contribution >= 4 is 17.4 Å². The molecule has 0 radical (unpaired) electrons. The van der Waals surface area contributed by atoms with E-state index in [-0.39, 0.29) is 0 Å². The summed E-state index contributed by atoms with van der Waals surface area (Å²) in [6.45, 7) is 3.24. The summed E-state index contributed by atoms with van der Waals surface area (Å²) < 4.78 is 0. The Balaban J connectivity index is 2.15. The first-order chi connectivity index (χ1) is 8.35. The Labute approximate surface area is 109 Å². The van der Waals surface area contributed by atoms with Crippen LogP contribution in [-0.4, -0.2) is 17.6 Å². The topological polar surface area (TPSA) is 16.1 Å². The molecule has 1 heterocycles. The van der Waals surface area contributed by atoms with Gasteiger partial charge in [-0.15, -0.1) is 11.6 Å². The van der Waals surface area contributed by atoms with Gasteiger partial charge in [0.25, 0.3) is 0 Å². The van der Waals surface area contributed by atoms with Gasteiger partial charge in [0.1, 0.15) is 5.82 Å². The second-order valence-corrected chi connectivity index (χ2v) is 5.00. The lowest BCUT2D eigenvalue weighted by Gasteiger charge is -2.34. The zero-order valence-corrected chi connectivity index (χ0v) is 11.3. The second-order valence-electron chi connectivity index (χ2n) is 4.73. The molecule has 1 aliphatic rings. The molecule has 0 spiro atoms. The molecule has 0 saturated heterocycles. The van der Waals surface area contributed by atoms with E-state index in [1.165, 1.54) is 32.1 Å². The normalized spacial score (nSPS) is 17.1. The Hall–Kier alpha value is -0.760. The minimum atomic E-state index is 0.567. The van der Waals surface area contributed by atoms with Gasteiger partial charge in [0.2, 0.25) is 0 Å². The second kappa shape index (κ2) is 6.25. The van der Waals surface area contributed by atoms with E-state index >= 15 is 0 Å². The van der Waals surface area contributed by atoms with E-state index in [1.54, 1.807) is 0 Å². The van der Waals surface area contributed by atoms with Crippen LogP contribution in [0.3, 0.4) is 0 Å². The molecule has 94 valence electrons. The van der Waals surface area contributed by atoms with E-state index < -0.39 is 0 Å². The molecule has 1 aliphatic carbocycles. The fourth-order valence-corrected chi connectivity index (χ4v) is 2.87. The summed E-state index contributed by atoms with van der Waals surface area (Å²) in [5.41, 5.74) is 1.16. The SMILES string of the molecule is CCN(c1cc(CCl)ccn1)C1CCCCC1. The number of alkyl halides is 1. The molecular weight excluding hydrogens is 232 g/mol. The smallest absolute Gasteiger partial charge is 0.129 e. The fourth-order valence-electron chi connectivity index (χ4n) is 2.70. The van der Waals surface area contributed by atoms with Crippen molar-refractivity contribution in [2.24, 2.45) is 0 Å². The first-order valence-electron chi connectivity index (χ1n) is 6.62. The Bertz CT molecular complexity index is 348. The molecule has 0 aromatic carbocycles. The van der Waals surface area contributed by atoms with Crippen LogP contribution < -0.4 is 4.90 Å². The van der Waals surface area contributed by atoms with Gasteiger partial charge in [-0.05, 0) is 37.5 Å². The molecular formula is C14H21ClN2. The number of aromatic nitrogens is 1. The van der Waals surface area contributed by atoms with Gasteiger partial charge < -0.3 is 4.90 Å². The predicted molar refractivity (Wildman–Crippen MR) is 73.7 cm³/mol. The first-order valence-corrected chi connectivity index (χ1v) is 7.16. The summed E-state index contributed by atoms with van der Waals surface area (Å²) in [5.74, 6) is 1.66. The number of halogens is 1. The van der Waals surface area contributed by atoms with Crippen LogP contribution in [0, 0.1) is 0 Å². The molecule has 2 rings (SSSR count). The van der Waals surface area contributed by atoms with Gasteiger partial charge in [0.15, 0.2) is 0 Å². The quantitative estimate of drug-likeness (QED) is 0.754. The van der Waals surface area contributed by atoms with Crippen molar-refractivity contribution in [2.45, 2.75) is 50.9 Å². The molecule has 1 aromatic rings. The standard InChI is InChI=1S/C14H21ClN2/c1-2-17(13-6-4-3-5-7-13)14-10-12(11-15)8-9-16-14/h8-10,13H,2-7,11H2,1H3. The number of pyridine rings is 1. The summed E-state index contributed by atoms with van der Waals surface area (Å²) >= 11 is 5.89. The third-order valence-corrected chi connectivity index (χ3v) is 3.92. The summed E-state index contributed by atoms with van der Waals surface area (Å²) in [5, 5.41) is 0. The maximum absolute atomic E-state index is 5.89. The van der Waals surface area contributed by atoms with E-state index in [1.807, 2.05) is 12.3 Å². The molecule has 0 unspecified atom stereocenters. The Kier molecular flexibility index (Phi) is 4.66. The number of anilines is 1. The molecule has 1 saturated carbocycles. The van der Waals surface area contributed by atoms with Gasteiger partial charge in [-0.2, -0.15) is 0 Å². The van der Waals surface area contributed by atoms with Gasteiger partial charge in [-0.25, -0.2) is 4.98 Å². The van der Waals surface area contributed by atoms with Gasteiger partial charge in [-0.1, -0.05) is 19.3 Å². The van der Waals surface area contributed by atoms with Gasteiger partial charge in [0.05, 0.1) is 0 Å². The molecule has 0 bridgehead atoms. The van der Waals surface area contributed by atoms with Crippen LogP contribution in [0.2, 0.25) is 0 Å². The predicted octanol–water partition coefficient (Wildman–Crippen LogP) is 3.98. The van der Waals surface area contributed by atoms with Crippen LogP contribution in [0.5, 0.6) is 0 Å². The number of nitrogens with zero attached hydrogens (tertiary/aromatic N) is 2. The molecule has 1 fully saturated rings. The minimum Gasteiger partial charge on any atom is -0.354 e. The minimum absolute atomic E-state index is 0.567. The Morgan fingerprint density at radius 1 is 1.35 bits per heavy atom. The molecule has 1 aromatic heterocycles. The first kappa shape index (κ1) is 12.7. The van der Waals surface area contributed by atoms with Crippen LogP contribution in [-0.2, 0) is 5.88 Å². The molecule has 17 heavy (non-hydrogen) atoms. The Morgan fingerprint density at radius 3 is 2.76 bits per heavy atom. The molecule has 2 nitrogen and oxygen atoms in total. The summed E-state index contributed by atoms with van der Waals surface area (Å²) in [7, 11) is 0. The van der Waals surface area contributed by atoms with Crippen LogP contribution in [0.25, 0.3) is 0 Å². The van der Waals surface area contributed by atoms with Crippen molar-refractivity contribution < 1.29 is 0 Å². The van der Waals surface area contributed by atoms with E-state index in [2.05, 4.69) is 22.9 Å². The van der Waals surface area contributed by atoms with E-state index in [0.29, 0.717) is 11.9 Å². The van der Waals surface area contributed by atoms with Crippen molar-refractivity contribution in [1.82, 2.24) is 4.98 Å². The van der Waals surface area contributed by atoms with Gasteiger partial charge in [-0.3, -0.25) is 0 Å². The van der Waals surface area contributed by atoms with Crippen LogP contribution >= 0.6 is 11.6 Å². The zero-order chi connectivity index (χ0) is 12.1. The lowest BCUT2D eigenvalue weighted by molar-refractivity contribution is 0.416. The number of hydrogen-bond acceptors (Lipinski definition) is 2. The largest absolute Gasteiger partial charge is 0.354 e. The number of rotatable bonds is 4. The van der Waals surface area contributed by atoms with E-state index in [0.717, 1.165) is 17.9 Å². The fraction of sp³-hybridized carbons (Fsp3) is 0.643. The number of hydrogen-bond donors (Lipinski definition) is 0. The van der Waals surface area contributed by atoms with Crippen molar-refractivity contribution in [1.29, 1.82) is 0 Å². The maximum atomic E-state index is 5.89. The maximum Gasteiger partial charge on any atom is 0.129 e. The monoisotopic (exact) mass is 252 g/mol. The van der Waals surface area contributed by atoms with Crippen LogP contribution in [0.1, 0.15) is 44.6 Å². The summed E-state index contributed by atoms with van der Waals surface area (Å²) in [6.07, 6.45) is 8.59. The summed E-state index contributed by atoms with van der Waals surface area (Å²) in [6, 6.07) is 4.79. The zero-order valence-electron chi connectivity index (χ0n) is 10.5. The third kappa shape index (κ3) is 3.12. The highest BCUT2D eigenvalue weighted by atomic mass is 35.5.